The van der Waals surface area contributed by atoms with Crippen molar-refractivity contribution in [1.82, 2.24) is 10.3 Å². The Balaban J connectivity index is 1.40. The van der Waals surface area contributed by atoms with Crippen LogP contribution < -0.4 is 10.1 Å². The van der Waals surface area contributed by atoms with Gasteiger partial charge in [0.25, 0.3) is 0 Å². The van der Waals surface area contributed by atoms with Crippen LogP contribution in [0.1, 0.15) is 10.6 Å². The lowest BCUT2D eigenvalue weighted by molar-refractivity contribution is -0.274. The molecule has 0 radical (unpaired) electrons. The predicted octanol–water partition coefficient (Wildman–Crippen LogP) is 4.03. The molecule has 0 saturated heterocycles. The minimum absolute atomic E-state index is 0.134. The van der Waals surface area contributed by atoms with Crippen molar-refractivity contribution < 1.29 is 27.4 Å². The quantitative estimate of drug-likeness (QED) is 0.655. The molecule has 3 rings (SSSR count). The van der Waals surface area contributed by atoms with Crippen LogP contribution in [0.25, 0.3) is 10.2 Å². The van der Waals surface area contributed by atoms with Crippen molar-refractivity contribution in [3.8, 4) is 5.75 Å². The molecule has 0 fully saturated rings. The van der Waals surface area contributed by atoms with Gasteiger partial charge in [-0.25, -0.2) is 4.98 Å². The fraction of sp³-hybridized carbons (Fsp3) is 0.222. The zero-order valence-corrected chi connectivity index (χ0v) is 14.8. The van der Waals surface area contributed by atoms with E-state index in [9.17, 15) is 18.0 Å². The Kier molecular flexibility index (Phi) is 5.92. The van der Waals surface area contributed by atoms with Gasteiger partial charge in [-0.05, 0) is 29.8 Å². The van der Waals surface area contributed by atoms with Crippen LogP contribution >= 0.6 is 11.3 Å². The average molecular weight is 396 g/mol. The van der Waals surface area contributed by atoms with Crippen molar-refractivity contribution in [3.05, 3.63) is 59.1 Å². The van der Waals surface area contributed by atoms with Crippen LogP contribution in [-0.2, 0) is 22.7 Å². The number of fused-ring (bicyclic) bond motifs is 1. The summed E-state index contributed by atoms with van der Waals surface area (Å²) in [5.74, 6) is -0.636. The Labute approximate surface area is 156 Å². The minimum Gasteiger partial charge on any atom is -0.406 e. The molecule has 0 bridgehead atoms. The van der Waals surface area contributed by atoms with Crippen molar-refractivity contribution in [2.24, 2.45) is 0 Å². The molecule has 0 saturated carbocycles. The number of hydrogen-bond donors (Lipinski definition) is 1. The SMILES string of the molecule is O=C(COCc1nc2ccccc2s1)NCc1ccc(OC(F)(F)F)cc1. The second-order valence-corrected chi connectivity index (χ2v) is 6.65. The second-order valence-electron chi connectivity index (χ2n) is 5.54. The van der Waals surface area contributed by atoms with E-state index in [1.165, 1.54) is 35.6 Å². The van der Waals surface area contributed by atoms with E-state index in [4.69, 9.17) is 4.74 Å². The van der Waals surface area contributed by atoms with Gasteiger partial charge < -0.3 is 14.8 Å². The summed E-state index contributed by atoms with van der Waals surface area (Å²) in [6.45, 7) is 0.275. The normalized spacial score (nSPS) is 11.5. The van der Waals surface area contributed by atoms with Gasteiger partial charge in [0.15, 0.2) is 0 Å². The lowest BCUT2D eigenvalue weighted by Crippen LogP contribution is -2.27. The number of nitrogens with zero attached hydrogens (tertiary/aromatic N) is 1. The number of amides is 1. The number of benzene rings is 2. The zero-order valence-electron chi connectivity index (χ0n) is 14.0. The summed E-state index contributed by atoms with van der Waals surface area (Å²) in [4.78, 5) is 16.2. The van der Waals surface area contributed by atoms with E-state index in [0.29, 0.717) is 5.56 Å². The van der Waals surface area contributed by atoms with Gasteiger partial charge in [0, 0.05) is 6.54 Å². The van der Waals surface area contributed by atoms with Gasteiger partial charge in [0.05, 0.1) is 16.8 Å². The Morgan fingerprint density at radius 2 is 1.85 bits per heavy atom. The van der Waals surface area contributed by atoms with Crippen LogP contribution in [0.5, 0.6) is 5.75 Å². The molecule has 0 aliphatic heterocycles. The standard InChI is InChI=1S/C18H15F3N2O3S/c19-18(20,21)26-13-7-5-12(6-8-13)9-22-16(24)10-25-11-17-23-14-3-1-2-4-15(14)27-17/h1-8H,9-11H2,(H,22,24). The number of thiazole rings is 1. The first-order valence-corrected chi connectivity index (χ1v) is 8.74. The molecular weight excluding hydrogens is 381 g/mol. The van der Waals surface area contributed by atoms with Gasteiger partial charge in [0.2, 0.25) is 5.91 Å². The van der Waals surface area contributed by atoms with E-state index in [-0.39, 0.29) is 31.4 Å². The highest BCUT2D eigenvalue weighted by atomic mass is 32.1. The lowest BCUT2D eigenvalue weighted by atomic mass is 10.2. The van der Waals surface area contributed by atoms with Gasteiger partial charge in [-0.15, -0.1) is 24.5 Å². The van der Waals surface area contributed by atoms with Crippen LogP contribution in [0.2, 0.25) is 0 Å². The monoisotopic (exact) mass is 396 g/mol. The fourth-order valence-corrected chi connectivity index (χ4v) is 3.18. The third kappa shape index (κ3) is 5.93. The van der Waals surface area contributed by atoms with Crippen molar-refractivity contribution >= 4 is 27.5 Å². The summed E-state index contributed by atoms with van der Waals surface area (Å²) in [7, 11) is 0. The molecule has 5 nitrogen and oxygen atoms in total. The number of nitrogens with one attached hydrogen (secondary N) is 1. The number of ether oxygens (including phenoxy) is 2. The van der Waals surface area contributed by atoms with E-state index in [2.05, 4.69) is 15.0 Å². The first kappa shape index (κ1) is 19.1. The first-order valence-electron chi connectivity index (χ1n) is 7.93. The molecule has 0 spiro atoms. The largest absolute Gasteiger partial charge is 0.573 e. The summed E-state index contributed by atoms with van der Waals surface area (Å²) >= 11 is 1.50. The molecule has 142 valence electrons. The molecule has 27 heavy (non-hydrogen) atoms. The molecule has 0 aliphatic rings. The second kappa shape index (κ2) is 8.36. The summed E-state index contributed by atoms with van der Waals surface area (Å²) in [6.07, 6.45) is -4.73. The van der Waals surface area contributed by atoms with Crippen molar-refractivity contribution in [1.29, 1.82) is 0 Å². The van der Waals surface area contributed by atoms with E-state index < -0.39 is 6.36 Å². The van der Waals surface area contributed by atoms with Gasteiger partial charge in [-0.3, -0.25) is 4.79 Å². The smallest absolute Gasteiger partial charge is 0.406 e. The Morgan fingerprint density at radius 3 is 2.56 bits per heavy atom. The minimum atomic E-state index is -4.73. The van der Waals surface area contributed by atoms with E-state index in [0.717, 1.165) is 15.2 Å². The summed E-state index contributed by atoms with van der Waals surface area (Å²) < 4.78 is 46.5. The van der Waals surface area contributed by atoms with Crippen molar-refractivity contribution in [2.45, 2.75) is 19.5 Å². The molecule has 1 aromatic heterocycles. The highest BCUT2D eigenvalue weighted by Gasteiger charge is 2.30. The topological polar surface area (TPSA) is 60.5 Å². The van der Waals surface area contributed by atoms with Crippen LogP contribution in [0.4, 0.5) is 13.2 Å². The molecule has 3 aromatic rings. The van der Waals surface area contributed by atoms with Gasteiger partial charge in [0.1, 0.15) is 17.4 Å². The molecule has 0 atom stereocenters. The van der Waals surface area contributed by atoms with Crippen LogP contribution in [-0.4, -0.2) is 23.9 Å². The maximum atomic E-state index is 12.1. The molecule has 9 heteroatoms. The van der Waals surface area contributed by atoms with E-state index in [1.807, 2.05) is 24.3 Å². The maximum Gasteiger partial charge on any atom is 0.573 e. The van der Waals surface area contributed by atoms with Crippen LogP contribution in [0.3, 0.4) is 0 Å². The Morgan fingerprint density at radius 1 is 1.11 bits per heavy atom. The van der Waals surface area contributed by atoms with Crippen LogP contribution in [0.15, 0.2) is 48.5 Å². The molecule has 0 aliphatic carbocycles. The molecule has 0 unspecified atom stereocenters. The third-order valence-corrected chi connectivity index (χ3v) is 4.45. The number of aromatic nitrogens is 1. The fourth-order valence-electron chi connectivity index (χ4n) is 2.27. The predicted molar refractivity (Wildman–Crippen MR) is 94.2 cm³/mol. The van der Waals surface area contributed by atoms with Crippen molar-refractivity contribution in [3.63, 3.8) is 0 Å². The number of carbonyl (C=O) groups excluding carboxylic acids is 1. The summed E-state index contributed by atoms with van der Waals surface area (Å²) in [5.41, 5.74) is 1.53. The zero-order chi connectivity index (χ0) is 19.3. The third-order valence-electron chi connectivity index (χ3n) is 3.44. The highest BCUT2D eigenvalue weighted by molar-refractivity contribution is 7.18. The van der Waals surface area contributed by atoms with Crippen LogP contribution in [0, 0.1) is 0 Å². The number of hydrogen-bond acceptors (Lipinski definition) is 5. The van der Waals surface area contributed by atoms with Gasteiger partial charge in [-0.2, -0.15) is 0 Å². The molecular formula is C18H15F3N2O3S. The number of carbonyl (C=O) groups is 1. The highest BCUT2D eigenvalue weighted by Crippen LogP contribution is 2.23. The van der Waals surface area contributed by atoms with Crippen molar-refractivity contribution in [2.75, 3.05) is 6.61 Å². The number of para-hydroxylation sites is 1. The average Bonchev–Trinajstić information content (AvgIpc) is 3.02. The van der Waals surface area contributed by atoms with Gasteiger partial charge >= 0.3 is 6.36 Å². The summed E-state index contributed by atoms with van der Waals surface area (Å²) in [6, 6.07) is 13.0. The van der Waals surface area contributed by atoms with E-state index >= 15 is 0 Å². The van der Waals surface area contributed by atoms with E-state index in [1.54, 1.807) is 0 Å². The number of alkyl halides is 3. The maximum absolute atomic E-state index is 12.1. The summed E-state index contributed by atoms with van der Waals surface area (Å²) in [5, 5.41) is 3.42. The lowest BCUT2D eigenvalue weighted by Gasteiger charge is -2.10. The first-order chi connectivity index (χ1) is 12.9. The Hall–Kier alpha value is -2.65. The number of halogens is 3. The van der Waals surface area contributed by atoms with Gasteiger partial charge in [-0.1, -0.05) is 24.3 Å². The molecule has 2 aromatic carbocycles. The molecule has 1 amide bonds. The number of rotatable bonds is 7. The Bertz CT molecular complexity index is 877. The molecule has 1 N–H and O–H groups in total. The molecule has 1 heterocycles.